The lowest BCUT2D eigenvalue weighted by atomic mass is 9.93. The van der Waals surface area contributed by atoms with E-state index in [0.29, 0.717) is 0 Å². The molecular weight excluding hydrogens is 811 g/mol. The number of hydrogen-bond acceptors (Lipinski definition) is 2. The summed E-state index contributed by atoms with van der Waals surface area (Å²) < 4.78 is 6.33. The first kappa shape index (κ1) is 39.8. The van der Waals surface area contributed by atoms with Gasteiger partial charge in [-0.25, -0.2) is 0 Å². The van der Waals surface area contributed by atoms with Gasteiger partial charge in [-0.2, -0.15) is 0 Å². The highest BCUT2D eigenvalue weighted by Crippen LogP contribution is 2.44. The quantitative estimate of drug-likeness (QED) is 0.135. The van der Waals surface area contributed by atoms with E-state index in [2.05, 4.69) is 254 Å². The average Bonchev–Trinajstić information content (AvgIpc) is 3.75. The van der Waals surface area contributed by atoms with E-state index in [4.69, 9.17) is 4.42 Å². The van der Waals surface area contributed by atoms with Crippen molar-refractivity contribution in [2.75, 3.05) is 4.90 Å². The van der Waals surface area contributed by atoms with Crippen molar-refractivity contribution in [3.05, 3.63) is 260 Å². The van der Waals surface area contributed by atoms with E-state index in [9.17, 15) is 0 Å². The highest BCUT2D eigenvalue weighted by molar-refractivity contribution is 6.13. The Morgan fingerprint density at radius 1 is 0.299 bits per heavy atom. The number of aryl methyl sites for hydroxylation is 1. The Hall–Kier alpha value is -8.72. The Labute approximate surface area is 391 Å². The second kappa shape index (κ2) is 17.0. The standard InChI is InChI=1S/C65H45NO/c1-44-57-19-10-12-25-64(57)67-65(44)54-18-13-17-52(42-54)49-28-26-47(27-29-49)48-34-38-55(39-35-48)66(63-24-11-9-21-59(63)50-32-30-46(31-33-50)45-14-3-2-4-15-45)56-40-36-51(37-41-56)62-43-53-16-5-6-20-58(53)60-22-7-8-23-61(60)62/h2-43H,1H3. The predicted octanol–water partition coefficient (Wildman–Crippen LogP) is 18.5. The third-order valence-corrected chi connectivity index (χ3v) is 13.3. The number of nitrogens with zero attached hydrogens (tertiary/aromatic N) is 1. The van der Waals surface area contributed by atoms with Crippen molar-refractivity contribution in [3.63, 3.8) is 0 Å². The Morgan fingerprint density at radius 2 is 0.761 bits per heavy atom. The van der Waals surface area contributed by atoms with E-state index in [0.717, 1.165) is 78.3 Å². The summed E-state index contributed by atoms with van der Waals surface area (Å²) in [5, 5.41) is 6.20. The SMILES string of the molecule is Cc1c(-c2cccc(-c3ccc(-c4ccc(N(c5ccc(-c6cc7ccccc7c7ccccc67)cc5)c5ccccc5-c5ccc(-c6ccccc6)cc5)cc4)cc3)c2)oc2ccccc12. The summed E-state index contributed by atoms with van der Waals surface area (Å²) >= 11 is 0. The average molecular weight is 856 g/mol. The molecule has 0 aliphatic heterocycles. The van der Waals surface area contributed by atoms with Gasteiger partial charge in [0.15, 0.2) is 0 Å². The van der Waals surface area contributed by atoms with Crippen molar-refractivity contribution < 1.29 is 4.42 Å². The van der Waals surface area contributed by atoms with Gasteiger partial charge in [0.05, 0.1) is 5.69 Å². The molecule has 316 valence electrons. The molecule has 1 aromatic heterocycles. The number of anilines is 3. The van der Waals surface area contributed by atoms with E-state index in [1.54, 1.807) is 0 Å². The molecule has 0 spiro atoms. The predicted molar refractivity (Wildman–Crippen MR) is 283 cm³/mol. The molecule has 0 fully saturated rings. The van der Waals surface area contributed by atoms with Crippen LogP contribution < -0.4 is 4.90 Å². The Balaban J connectivity index is 0.900. The number of benzene rings is 11. The molecular formula is C65H45NO. The van der Waals surface area contributed by atoms with Gasteiger partial charge in [0, 0.05) is 33.5 Å². The zero-order chi connectivity index (χ0) is 44.7. The summed E-state index contributed by atoms with van der Waals surface area (Å²) in [6, 6.07) is 92.0. The van der Waals surface area contributed by atoms with Crippen molar-refractivity contribution in [1.82, 2.24) is 0 Å². The van der Waals surface area contributed by atoms with Crippen LogP contribution in [0.1, 0.15) is 5.56 Å². The zero-order valence-electron chi connectivity index (χ0n) is 37.1. The molecule has 0 bridgehead atoms. The Kier molecular flexibility index (Phi) is 10.1. The molecule has 0 saturated carbocycles. The van der Waals surface area contributed by atoms with Crippen LogP contribution in [0.15, 0.2) is 259 Å². The second-order valence-electron chi connectivity index (χ2n) is 17.3. The lowest BCUT2D eigenvalue weighted by Crippen LogP contribution is -2.11. The maximum Gasteiger partial charge on any atom is 0.138 e. The van der Waals surface area contributed by atoms with Crippen LogP contribution in [0.25, 0.3) is 99.5 Å². The van der Waals surface area contributed by atoms with Gasteiger partial charge in [-0.1, -0.05) is 206 Å². The van der Waals surface area contributed by atoms with Gasteiger partial charge in [-0.15, -0.1) is 0 Å². The maximum atomic E-state index is 6.33. The molecule has 0 aliphatic rings. The summed E-state index contributed by atoms with van der Waals surface area (Å²) in [6.45, 7) is 2.14. The first-order chi connectivity index (χ1) is 33.1. The lowest BCUT2D eigenvalue weighted by Gasteiger charge is -2.28. The molecule has 12 rings (SSSR count). The topological polar surface area (TPSA) is 16.4 Å². The largest absolute Gasteiger partial charge is 0.456 e. The summed E-state index contributed by atoms with van der Waals surface area (Å²) in [7, 11) is 0. The monoisotopic (exact) mass is 855 g/mol. The van der Waals surface area contributed by atoms with Crippen LogP contribution in [-0.2, 0) is 0 Å². The molecule has 0 atom stereocenters. The van der Waals surface area contributed by atoms with Gasteiger partial charge in [0.25, 0.3) is 0 Å². The molecule has 11 aromatic carbocycles. The summed E-state index contributed by atoms with van der Waals surface area (Å²) in [5.74, 6) is 0.923. The molecule has 2 nitrogen and oxygen atoms in total. The van der Waals surface area contributed by atoms with Gasteiger partial charge < -0.3 is 9.32 Å². The van der Waals surface area contributed by atoms with Crippen LogP contribution in [0.4, 0.5) is 17.1 Å². The fourth-order valence-electron chi connectivity index (χ4n) is 9.84. The summed E-state index contributed by atoms with van der Waals surface area (Å²) in [6.07, 6.45) is 0. The van der Waals surface area contributed by atoms with E-state index in [1.807, 2.05) is 12.1 Å². The number of fused-ring (bicyclic) bond motifs is 4. The molecule has 1 heterocycles. The van der Waals surface area contributed by atoms with Crippen LogP contribution in [0.2, 0.25) is 0 Å². The maximum absolute atomic E-state index is 6.33. The van der Waals surface area contributed by atoms with Crippen molar-refractivity contribution in [1.29, 1.82) is 0 Å². The van der Waals surface area contributed by atoms with E-state index < -0.39 is 0 Å². The number of rotatable bonds is 9. The van der Waals surface area contributed by atoms with Crippen molar-refractivity contribution in [2.45, 2.75) is 6.92 Å². The smallest absolute Gasteiger partial charge is 0.138 e. The van der Waals surface area contributed by atoms with Crippen LogP contribution in [0.5, 0.6) is 0 Å². The summed E-state index contributed by atoms with van der Waals surface area (Å²) in [5.41, 5.74) is 18.2. The van der Waals surface area contributed by atoms with Crippen molar-refractivity contribution in [3.8, 4) is 67.0 Å². The molecule has 0 saturated heterocycles. The van der Waals surface area contributed by atoms with Crippen molar-refractivity contribution in [2.24, 2.45) is 0 Å². The normalized spacial score (nSPS) is 11.4. The molecule has 0 aliphatic carbocycles. The third kappa shape index (κ3) is 7.45. The Morgan fingerprint density at radius 3 is 1.45 bits per heavy atom. The molecule has 0 amide bonds. The second-order valence-corrected chi connectivity index (χ2v) is 17.3. The van der Waals surface area contributed by atoms with E-state index in [-0.39, 0.29) is 0 Å². The van der Waals surface area contributed by atoms with Crippen LogP contribution >= 0.6 is 0 Å². The van der Waals surface area contributed by atoms with Gasteiger partial charge in [0.2, 0.25) is 0 Å². The van der Waals surface area contributed by atoms with Crippen LogP contribution in [0, 0.1) is 6.92 Å². The van der Waals surface area contributed by atoms with Gasteiger partial charge in [-0.3, -0.25) is 0 Å². The van der Waals surface area contributed by atoms with Gasteiger partial charge >= 0.3 is 0 Å². The molecule has 2 heteroatoms. The fraction of sp³-hybridized carbons (Fsp3) is 0.0154. The Bertz CT molecular complexity index is 3720. The fourth-order valence-corrected chi connectivity index (χ4v) is 9.84. The third-order valence-electron chi connectivity index (χ3n) is 13.3. The molecule has 0 unspecified atom stereocenters. The minimum Gasteiger partial charge on any atom is -0.456 e. The van der Waals surface area contributed by atoms with E-state index in [1.165, 1.54) is 43.8 Å². The minimum atomic E-state index is 0.917. The summed E-state index contributed by atoms with van der Waals surface area (Å²) in [4.78, 5) is 2.40. The highest BCUT2D eigenvalue weighted by Gasteiger charge is 2.19. The van der Waals surface area contributed by atoms with Gasteiger partial charge in [-0.05, 0) is 127 Å². The first-order valence-corrected chi connectivity index (χ1v) is 23.0. The number of hydrogen-bond donors (Lipinski definition) is 0. The molecule has 67 heavy (non-hydrogen) atoms. The number of para-hydroxylation sites is 2. The van der Waals surface area contributed by atoms with Crippen LogP contribution in [0.3, 0.4) is 0 Å². The molecule has 0 N–H and O–H groups in total. The first-order valence-electron chi connectivity index (χ1n) is 23.0. The zero-order valence-corrected chi connectivity index (χ0v) is 37.1. The molecule has 12 aromatic rings. The highest BCUT2D eigenvalue weighted by atomic mass is 16.3. The number of furan rings is 1. The van der Waals surface area contributed by atoms with Crippen molar-refractivity contribution >= 4 is 49.6 Å². The minimum absolute atomic E-state index is 0.917. The van der Waals surface area contributed by atoms with Gasteiger partial charge in [0.1, 0.15) is 11.3 Å². The lowest BCUT2D eigenvalue weighted by molar-refractivity contribution is 0.629. The molecule has 0 radical (unpaired) electrons. The van der Waals surface area contributed by atoms with Crippen LogP contribution in [-0.4, -0.2) is 0 Å². The van der Waals surface area contributed by atoms with E-state index >= 15 is 0 Å².